The zero-order chi connectivity index (χ0) is 14.8. The number of aromatic amines is 1. The van der Waals surface area contributed by atoms with Crippen LogP contribution in [-0.4, -0.2) is 33.0 Å². The van der Waals surface area contributed by atoms with Crippen LogP contribution < -0.4 is 5.32 Å². The van der Waals surface area contributed by atoms with Gasteiger partial charge >= 0.3 is 5.97 Å². The van der Waals surface area contributed by atoms with E-state index in [9.17, 15) is 4.79 Å². The van der Waals surface area contributed by atoms with Crippen LogP contribution in [-0.2, 0) is 11.3 Å². The number of imidazole rings is 1. The molecule has 0 radical (unpaired) electrons. The number of nitrogens with one attached hydrogen (secondary N) is 2. The summed E-state index contributed by atoms with van der Waals surface area (Å²) in [6.07, 6.45) is 1.57. The van der Waals surface area contributed by atoms with Crippen molar-refractivity contribution in [2.45, 2.75) is 6.54 Å². The van der Waals surface area contributed by atoms with Crippen LogP contribution in [0.25, 0.3) is 11.2 Å². The summed E-state index contributed by atoms with van der Waals surface area (Å²) in [5.74, 6) is 0.584. The Morgan fingerprint density at radius 2 is 2.33 bits per heavy atom. The molecule has 0 aromatic carbocycles. The van der Waals surface area contributed by atoms with Crippen LogP contribution in [0.15, 0.2) is 22.8 Å². The third kappa shape index (κ3) is 2.65. The molecule has 2 N–H and O–H groups in total. The Balaban J connectivity index is 1.96. The van der Waals surface area contributed by atoms with E-state index in [0.717, 1.165) is 5.76 Å². The zero-order valence-electron chi connectivity index (χ0n) is 10.9. The molecule has 0 fully saturated rings. The minimum atomic E-state index is -0.596. The van der Waals surface area contributed by atoms with Crippen molar-refractivity contribution >= 4 is 34.6 Å². The summed E-state index contributed by atoms with van der Waals surface area (Å²) in [6, 6.07) is 3.60. The van der Waals surface area contributed by atoms with Gasteiger partial charge in [0, 0.05) is 0 Å². The summed E-state index contributed by atoms with van der Waals surface area (Å²) in [7, 11) is 1.27. The number of nitrogens with zero attached hydrogens (tertiary/aromatic N) is 3. The second-order valence-corrected chi connectivity index (χ2v) is 4.39. The van der Waals surface area contributed by atoms with Gasteiger partial charge in [0.15, 0.2) is 11.5 Å². The Hall–Kier alpha value is -2.61. The number of furan rings is 1. The number of anilines is 1. The number of ether oxygens (including phenoxy) is 1. The molecule has 0 amide bonds. The van der Waals surface area contributed by atoms with Crippen LogP contribution in [0.2, 0.25) is 5.28 Å². The molecule has 8 nitrogen and oxygen atoms in total. The lowest BCUT2D eigenvalue weighted by molar-refractivity contribution is 0.0588. The molecule has 0 atom stereocenters. The number of aromatic nitrogens is 4. The van der Waals surface area contributed by atoms with Crippen molar-refractivity contribution in [3.8, 4) is 0 Å². The van der Waals surface area contributed by atoms with Crippen molar-refractivity contribution in [2.75, 3.05) is 12.4 Å². The van der Waals surface area contributed by atoms with Crippen molar-refractivity contribution in [1.82, 2.24) is 19.9 Å². The maximum absolute atomic E-state index is 11.5. The normalized spacial score (nSPS) is 10.8. The molecule has 0 bridgehead atoms. The molecule has 9 heteroatoms. The summed E-state index contributed by atoms with van der Waals surface area (Å²) in [5, 5.41) is 3.07. The highest BCUT2D eigenvalue weighted by Gasteiger charge is 2.16. The van der Waals surface area contributed by atoms with E-state index in [1.54, 1.807) is 12.3 Å². The van der Waals surface area contributed by atoms with Crippen LogP contribution >= 0.6 is 11.6 Å². The first kappa shape index (κ1) is 13.4. The molecule has 0 aliphatic heterocycles. The average Bonchev–Trinajstić information content (AvgIpc) is 3.12. The maximum Gasteiger partial charge on any atom is 0.374 e. The molecular formula is C12H10ClN5O3. The van der Waals surface area contributed by atoms with Crippen molar-refractivity contribution < 1.29 is 13.9 Å². The summed E-state index contributed by atoms with van der Waals surface area (Å²) >= 11 is 5.85. The molecule has 0 aliphatic carbocycles. The predicted molar refractivity (Wildman–Crippen MR) is 74.1 cm³/mol. The van der Waals surface area contributed by atoms with Gasteiger partial charge < -0.3 is 19.5 Å². The molecule has 3 aromatic heterocycles. The second-order valence-electron chi connectivity index (χ2n) is 4.05. The van der Waals surface area contributed by atoms with Crippen LogP contribution in [0, 0.1) is 0 Å². The summed E-state index contributed by atoms with van der Waals surface area (Å²) in [6.45, 7) is 0.405. The van der Waals surface area contributed by atoms with E-state index in [1.165, 1.54) is 7.11 Å². The lowest BCUT2D eigenvalue weighted by Crippen LogP contribution is -2.03. The molecule has 0 saturated heterocycles. The largest absolute Gasteiger partial charge is 0.467 e. The van der Waals surface area contributed by atoms with E-state index in [-0.39, 0.29) is 16.8 Å². The average molecular weight is 308 g/mol. The lowest BCUT2D eigenvalue weighted by Gasteiger charge is -2.04. The SMILES string of the molecule is COC(=O)c1nc2nc(Cl)nc(NCc3ccco3)c2[nH]1. The van der Waals surface area contributed by atoms with Gasteiger partial charge in [0.1, 0.15) is 11.3 Å². The second kappa shape index (κ2) is 5.41. The Morgan fingerprint density at radius 1 is 1.48 bits per heavy atom. The fourth-order valence-electron chi connectivity index (χ4n) is 1.78. The molecule has 0 unspecified atom stereocenters. The van der Waals surface area contributed by atoms with Crippen molar-refractivity contribution in [2.24, 2.45) is 0 Å². The highest BCUT2D eigenvalue weighted by atomic mass is 35.5. The number of carbonyl (C=O) groups excluding carboxylic acids is 1. The van der Waals surface area contributed by atoms with E-state index in [4.69, 9.17) is 16.0 Å². The van der Waals surface area contributed by atoms with Gasteiger partial charge in [-0.1, -0.05) is 0 Å². The summed E-state index contributed by atoms with van der Waals surface area (Å²) in [5.41, 5.74) is 0.740. The topological polar surface area (TPSA) is 106 Å². The summed E-state index contributed by atoms with van der Waals surface area (Å²) in [4.78, 5) is 26.4. The lowest BCUT2D eigenvalue weighted by atomic mass is 10.4. The van der Waals surface area contributed by atoms with E-state index in [0.29, 0.717) is 17.9 Å². The molecule has 0 saturated carbocycles. The first-order valence-corrected chi connectivity index (χ1v) is 6.33. The van der Waals surface area contributed by atoms with Gasteiger partial charge in [-0.2, -0.15) is 9.97 Å². The van der Waals surface area contributed by atoms with Gasteiger partial charge in [-0.3, -0.25) is 0 Å². The molecule has 21 heavy (non-hydrogen) atoms. The van der Waals surface area contributed by atoms with E-state index in [2.05, 4.69) is 30.0 Å². The first-order chi connectivity index (χ1) is 10.2. The number of esters is 1. The Morgan fingerprint density at radius 3 is 3.05 bits per heavy atom. The van der Waals surface area contributed by atoms with Crippen LogP contribution in [0.5, 0.6) is 0 Å². The van der Waals surface area contributed by atoms with Gasteiger partial charge in [0.05, 0.1) is 19.9 Å². The van der Waals surface area contributed by atoms with E-state index >= 15 is 0 Å². The maximum atomic E-state index is 11.5. The molecule has 3 aromatic rings. The third-order valence-electron chi connectivity index (χ3n) is 2.71. The molecule has 3 rings (SSSR count). The highest BCUT2D eigenvalue weighted by molar-refractivity contribution is 6.28. The zero-order valence-corrected chi connectivity index (χ0v) is 11.6. The molecular weight excluding hydrogens is 298 g/mol. The van der Waals surface area contributed by atoms with Gasteiger partial charge in [-0.25, -0.2) is 9.78 Å². The molecule has 0 aliphatic rings. The van der Waals surface area contributed by atoms with Crippen LogP contribution in [0.1, 0.15) is 16.4 Å². The molecule has 0 spiro atoms. The fourth-order valence-corrected chi connectivity index (χ4v) is 1.94. The minimum Gasteiger partial charge on any atom is -0.467 e. The third-order valence-corrected chi connectivity index (χ3v) is 2.88. The number of carbonyl (C=O) groups is 1. The number of H-pyrrole nitrogens is 1. The first-order valence-electron chi connectivity index (χ1n) is 5.95. The number of fused-ring (bicyclic) bond motifs is 1. The Bertz CT molecular complexity index is 784. The molecule has 3 heterocycles. The van der Waals surface area contributed by atoms with Gasteiger partial charge in [-0.05, 0) is 23.7 Å². The highest BCUT2D eigenvalue weighted by Crippen LogP contribution is 2.21. The standard InChI is InChI=1S/C12H10ClN5O3/c1-20-11(19)10-15-7-8(14-5-6-3-2-4-21-6)17-12(13)18-9(7)16-10/h2-4H,5H2,1H3,(H2,14,15,16,17,18). The van der Waals surface area contributed by atoms with Gasteiger partial charge in [0.2, 0.25) is 11.1 Å². The fraction of sp³-hybridized carbons (Fsp3) is 0.167. The molecule has 108 valence electrons. The van der Waals surface area contributed by atoms with Crippen molar-refractivity contribution in [3.63, 3.8) is 0 Å². The number of methoxy groups -OCH3 is 1. The monoisotopic (exact) mass is 307 g/mol. The van der Waals surface area contributed by atoms with Crippen molar-refractivity contribution in [3.05, 3.63) is 35.3 Å². The van der Waals surface area contributed by atoms with E-state index < -0.39 is 5.97 Å². The van der Waals surface area contributed by atoms with Gasteiger partial charge in [0.25, 0.3) is 0 Å². The minimum absolute atomic E-state index is 0.0207. The van der Waals surface area contributed by atoms with E-state index in [1.807, 2.05) is 6.07 Å². The summed E-state index contributed by atoms with van der Waals surface area (Å²) < 4.78 is 9.83. The van der Waals surface area contributed by atoms with Gasteiger partial charge in [-0.15, -0.1) is 0 Å². The Kier molecular flexibility index (Phi) is 3.44. The number of hydrogen-bond acceptors (Lipinski definition) is 7. The Labute approximate surface area is 123 Å². The number of rotatable bonds is 4. The number of hydrogen-bond donors (Lipinski definition) is 2. The van der Waals surface area contributed by atoms with Crippen LogP contribution in [0.4, 0.5) is 5.82 Å². The quantitative estimate of drug-likeness (QED) is 0.561. The van der Waals surface area contributed by atoms with Crippen molar-refractivity contribution in [1.29, 1.82) is 0 Å². The predicted octanol–water partition coefficient (Wildman–Crippen LogP) is 2.00. The van der Waals surface area contributed by atoms with Crippen LogP contribution in [0.3, 0.4) is 0 Å². The number of halogens is 1. The smallest absolute Gasteiger partial charge is 0.374 e.